The van der Waals surface area contributed by atoms with Crippen LogP contribution in [0.15, 0.2) is 0 Å². The number of alkyl halides is 2. The van der Waals surface area contributed by atoms with E-state index in [1.165, 1.54) is 12.8 Å². The Morgan fingerprint density at radius 3 is 2.50 bits per heavy atom. The van der Waals surface area contributed by atoms with E-state index in [1.54, 1.807) is 0 Å². The van der Waals surface area contributed by atoms with Crippen LogP contribution in [0.4, 0.5) is 8.78 Å². The van der Waals surface area contributed by atoms with Crippen molar-refractivity contribution in [3.63, 3.8) is 0 Å². The summed E-state index contributed by atoms with van der Waals surface area (Å²) in [5, 5.41) is 5.31. The number of hydrogen-bond acceptors (Lipinski definition) is 3. The molecule has 2 rings (SSSR count). The van der Waals surface area contributed by atoms with Gasteiger partial charge in [-0.25, -0.2) is 8.78 Å². The summed E-state index contributed by atoms with van der Waals surface area (Å²) in [4.78, 5) is 14.0. The molecule has 0 spiro atoms. The summed E-state index contributed by atoms with van der Waals surface area (Å²) in [6.45, 7) is 2.15. The highest BCUT2D eigenvalue weighted by Crippen LogP contribution is 2.27. The fraction of sp³-hybridized carbons (Fsp3) is 0.917. The van der Waals surface area contributed by atoms with Crippen molar-refractivity contribution in [3.05, 3.63) is 0 Å². The number of nitrogens with zero attached hydrogens (tertiary/aromatic N) is 1. The van der Waals surface area contributed by atoms with E-state index >= 15 is 0 Å². The SMILES string of the molecule is CC(CNC(=O)C1CC(F)(F)CN1)N(C)C1CC1.Cl.Cl. The Balaban J connectivity index is 0.00000180. The van der Waals surface area contributed by atoms with Crippen LogP contribution in [-0.4, -0.2) is 55.0 Å². The molecule has 2 aliphatic rings. The molecule has 20 heavy (non-hydrogen) atoms. The molecule has 1 heterocycles. The number of likely N-dealkylation sites (N-methyl/N-ethyl adjacent to an activating group) is 1. The van der Waals surface area contributed by atoms with E-state index in [4.69, 9.17) is 0 Å². The minimum atomic E-state index is -2.75. The zero-order chi connectivity index (χ0) is 13.3. The maximum Gasteiger partial charge on any atom is 0.262 e. The summed E-state index contributed by atoms with van der Waals surface area (Å²) in [6.07, 6.45) is 2.03. The molecule has 8 heteroatoms. The summed E-state index contributed by atoms with van der Waals surface area (Å²) >= 11 is 0. The zero-order valence-corrected chi connectivity index (χ0v) is 13.3. The number of nitrogens with one attached hydrogen (secondary N) is 2. The highest BCUT2D eigenvalue weighted by atomic mass is 35.5. The summed E-state index contributed by atoms with van der Waals surface area (Å²) in [7, 11) is 2.04. The van der Waals surface area contributed by atoms with Crippen molar-refractivity contribution in [2.45, 2.75) is 50.2 Å². The summed E-state index contributed by atoms with van der Waals surface area (Å²) in [6, 6.07) is 0.118. The van der Waals surface area contributed by atoms with E-state index in [9.17, 15) is 13.6 Å². The van der Waals surface area contributed by atoms with E-state index in [0.717, 1.165) is 0 Å². The van der Waals surface area contributed by atoms with E-state index in [0.29, 0.717) is 12.6 Å². The molecule has 1 aliphatic carbocycles. The summed E-state index contributed by atoms with van der Waals surface area (Å²) < 4.78 is 25.9. The molecule has 0 radical (unpaired) electrons. The number of halogens is 4. The van der Waals surface area contributed by atoms with Gasteiger partial charge in [0, 0.05) is 25.0 Å². The summed E-state index contributed by atoms with van der Waals surface area (Å²) in [5.74, 6) is -3.07. The Labute approximate surface area is 130 Å². The van der Waals surface area contributed by atoms with Crippen LogP contribution >= 0.6 is 24.8 Å². The second kappa shape index (κ2) is 7.73. The van der Waals surface area contributed by atoms with Crippen LogP contribution < -0.4 is 10.6 Å². The lowest BCUT2D eigenvalue weighted by Crippen LogP contribution is -2.46. The van der Waals surface area contributed by atoms with Gasteiger partial charge in [0.1, 0.15) is 0 Å². The zero-order valence-electron chi connectivity index (χ0n) is 11.7. The van der Waals surface area contributed by atoms with Gasteiger partial charge in [0.15, 0.2) is 0 Å². The third kappa shape index (κ3) is 5.31. The molecule has 0 aromatic carbocycles. The van der Waals surface area contributed by atoms with Gasteiger partial charge >= 0.3 is 0 Å². The number of amides is 1. The Morgan fingerprint density at radius 2 is 2.05 bits per heavy atom. The second-order valence-electron chi connectivity index (χ2n) is 5.48. The van der Waals surface area contributed by atoms with Gasteiger partial charge in [0.2, 0.25) is 5.91 Å². The Kier molecular flexibility index (Phi) is 7.66. The number of hydrogen-bond donors (Lipinski definition) is 2. The topological polar surface area (TPSA) is 44.4 Å². The van der Waals surface area contributed by atoms with E-state index in [-0.39, 0.29) is 36.8 Å². The largest absolute Gasteiger partial charge is 0.353 e. The van der Waals surface area contributed by atoms with Crippen molar-refractivity contribution < 1.29 is 13.6 Å². The van der Waals surface area contributed by atoms with Gasteiger partial charge in [-0.2, -0.15) is 0 Å². The Bertz CT molecular complexity index is 330. The van der Waals surface area contributed by atoms with Gasteiger partial charge in [0.05, 0.1) is 12.6 Å². The maximum absolute atomic E-state index is 12.9. The molecule has 1 amide bonds. The molecule has 0 bridgehead atoms. The van der Waals surface area contributed by atoms with Crippen LogP contribution in [0.25, 0.3) is 0 Å². The third-order valence-electron chi connectivity index (χ3n) is 3.82. The van der Waals surface area contributed by atoms with Gasteiger partial charge in [-0.05, 0) is 26.8 Å². The van der Waals surface area contributed by atoms with Crippen molar-refractivity contribution in [2.75, 3.05) is 20.1 Å². The molecule has 1 saturated heterocycles. The molecular formula is C12H23Cl2F2N3O. The fourth-order valence-electron chi connectivity index (χ4n) is 2.26. The van der Waals surface area contributed by atoms with Crippen LogP contribution in [0.3, 0.4) is 0 Å². The summed E-state index contributed by atoms with van der Waals surface area (Å²) in [5.41, 5.74) is 0. The number of carbonyl (C=O) groups excluding carboxylic acids is 1. The lowest BCUT2D eigenvalue weighted by Gasteiger charge is -2.25. The highest BCUT2D eigenvalue weighted by molar-refractivity contribution is 5.85. The second-order valence-corrected chi connectivity index (χ2v) is 5.48. The first-order valence-electron chi connectivity index (χ1n) is 6.50. The molecule has 120 valence electrons. The normalized spacial score (nSPS) is 25.6. The molecular weight excluding hydrogens is 311 g/mol. The molecule has 0 aromatic rings. The molecule has 1 aliphatic heterocycles. The predicted octanol–water partition coefficient (Wildman–Crippen LogP) is 1.43. The van der Waals surface area contributed by atoms with Crippen molar-refractivity contribution in [2.24, 2.45) is 0 Å². The monoisotopic (exact) mass is 333 g/mol. The van der Waals surface area contributed by atoms with E-state index < -0.39 is 24.9 Å². The standard InChI is InChI=1S/C12H21F2N3O.2ClH/c1-8(17(2)9-3-4-9)6-15-11(18)10-5-12(13,14)7-16-10;;/h8-10,16H,3-7H2,1-2H3,(H,15,18);2*1H. The van der Waals surface area contributed by atoms with Gasteiger partial charge in [0.25, 0.3) is 5.92 Å². The third-order valence-corrected chi connectivity index (χ3v) is 3.82. The molecule has 2 atom stereocenters. The van der Waals surface area contributed by atoms with Gasteiger partial charge in [-0.15, -0.1) is 24.8 Å². The molecule has 2 N–H and O–H groups in total. The first kappa shape index (κ1) is 19.8. The average Bonchev–Trinajstić information content (AvgIpc) is 3.09. The van der Waals surface area contributed by atoms with Gasteiger partial charge in [-0.3, -0.25) is 15.0 Å². The predicted molar refractivity (Wildman–Crippen MR) is 79.1 cm³/mol. The highest BCUT2D eigenvalue weighted by Gasteiger charge is 2.42. The lowest BCUT2D eigenvalue weighted by molar-refractivity contribution is -0.123. The molecule has 2 fully saturated rings. The molecule has 0 aromatic heterocycles. The van der Waals surface area contributed by atoms with Gasteiger partial charge < -0.3 is 5.32 Å². The maximum atomic E-state index is 12.9. The quantitative estimate of drug-likeness (QED) is 0.799. The molecule has 4 nitrogen and oxygen atoms in total. The minimum Gasteiger partial charge on any atom is -0.353 e. The lowest BCUT2D eigenvalue weighted by atomic mass is 10.2. The van der Waals surface area contributed by atoms with Crippen molar-refractivity contribution in [1.82, 2.24) is 15.5 Å². The first-order valence-corrected chi connectivity index (χ1v) is 6.50. The van der Waals surface area contributed by atoms with Crippen LogP contribution in [0.1, 0.15) is 26.2 Å². The van der Waals surface area contributed by atoms with E-state index in [2.05, 4.69) is 15.5 Å². The minimum absolute atomic E-state index is 0. The van der Waals surface area contributed by atoms with Crippen LogP contribution in [-0.2, 0) is 4.79 Å². The average molecular weight is 334 g/mol. The van der Waals surface area contributed by atoms with Crippen molar-refractivity contribution in [3.8, 4) is 0 Å². The Morgan fingerprint density at radius 1 is 1.45 bits per heavy atom. The smallest absolute Gasteiger partial charge is 0.262 e. The van der Waals surface area contributed by atoms with Crippen LogP contribution in [0.2, 0.25) is 0 Å². The van der Waals surface area contributed by atoms with Gasteiger partial charge in [-0.1, -0.05) is 0 Å². The number of carbonyl (C=O) groups is 1. The Hall–Kier alpha value is -0.170. The van der Waals surface area contributed by atoms with Crippen LogP contribution in [0.5, 0.6) is 0 Å². The molecule has 2 unspecified atom stereocenters. The molecule has 1 saturated carbocycles. The van der Waals surface area contributed by atoms with Crippen LogP contribution in [0, 0.1) is 0 Å². The first-order chi connectivity index (χ1) is 8.39. The van der Waals surface area contributed by atoms with E-state index in [1.807, 2.05) is 14.0 Å². The van der Waals surface area contributed by atoms with Crippen molar-refractivity contribution >= 4 is 30.7 Å². The van der Waals surface area contributed by atoms with Crippen molar-refractivity contribution in [1.29, 1.82) is 0 Å². The fourth-order valence-corrected chi connectivity index (χ4v) is 2.26. The number of rotatable bonds is 5.